The molecule has 1 rings (SSSR count). The number of rotatable bonds is 2. The number of hydrogen-bond acceptors (Lipinski definition) is 1. The normalized spacial score (nSPS) is 12.4. The summed E-state index contributed by atoms with van der Waals surface area (Å²) in [4.78, 5) is 0. The molecule has 0 aromatic heterocycles. The molecule has 0 radical (unpaired) electrons. The second-order valence-corrected chi connectivity index (χ2v) is 3.38. The Hall–Kier alpha value is -0.260. The third kappa shape index (κ3) is 3.15. The Kier molecular flexibility index (Phi) is 5.48. The standard InChI is InChI=1S/C8H7BrF3N.ClH/c9-6-2-1-4(10)3-5(6)7(13)8(11)12;/h1-3,7-8H,13H2;1H/t7-;/m1./s1. The summed E-state index contributed by atoms with van der Waals surface area (Å²) in [6, 6.07) is 2.07. The molecule has 0 aliphatic heterocycles. The van der Waals surface area contributed by atoms with Gasteiger partial charge in [0.1, 0.15) is 5.82 Å². The fourth-order valence-corrected chi connectivity index (χ4v) is 1.42. The molecule has 0 saturated carbocycles. The molecule has 1 aromatic carbocycles. The lowest BCUT2D eigenvalue weighted by atomic mass is 10.1. The van der Waals surface area contributed by atoms with Gasteiger partial charge < -0.3 is 5.73 Å². The SMILES string of the molecule is Cl.N[C@H](c1cc(F)ccc1Br)C(F)F. The Bertz CT molecular complexity index is 309. The molecular formula is C8H8BrClF3N. The van der Waals surface area contributed by atoms with Crippen LogP contribution in [0.3, 0.4) is 0 Å². The smallest absolute Gasteiger partial charge is 0.257 e. The average molecular weight is 291 g/mol. The van der Waals surface area contributed by atoms with E-state index < -0.39 is 18.3 Å². The summed E-state index contributed by atoms with van der Waals surface area (Å²) in [5, 5.41) is 0. The summed E-state index contributed by atoms with van der Waals surface area (Å²) in [5.74, 6) is -0.575. The van der Waals surface area contributed by atoms with Crippen molar-refractivity contribution >= 4 is 28.3 Å². The lowest BCUT2D eigenvalue weighted by Crippen LogP contribution is -2.19. The van der Waals surface area contributed by atoms with Crippen molar-refractivity contribution in [1.82, 2.24) is 0 Å². The average Bonchev–Trinajstić information content (AvgIpc) is 2.08. The van der Waals surface area contributed by atoms with Crippen LogP contribution in [0.25, 0.3) is 0 Å². The predicted molar refractivity (Wildman–Crippen MR) is 54.3 cm³/mol. The van der Waals surface area contributed by atoms with Gasteiger partial charge in [0.2, 0.25) is 0 Å². The maximum Gasteiger partial charge on any atom is 0.257 e. The van der Waals surface area contributed by atoms with Crippen molar-refractivity contribution in [2.45, 2.75) is 12.5 Å². The topological polar surface area (TPSA) is 26.0 Å². The first-order chi connectivity index (χ1) is 6.02. The van der Waals surface area contributed by atoms with Crippen LogP contribution in [0.15, 0.2) is 22.7 Å². The first-order valence-corrected chi connectivity index (χ1v) is 4.30. The summed E-state index contributed by atoms with van der Waals surface area (Å²) < 4.78 is 37.4. The highest BCUT2D eigenvalue weighted by Crippen LogP contribution is 2.26. The summed E-state index contributed by atoms with van der Waals surface area (Å²) in [5.41, 5.74) is 5.24. The number of benzene rings is 1. The second-order valence-electron chi connectivity index (χ2n) is 2.53. The van der Waals surface area contributed by atoms with Crippen molar-refractivity contribution in [1.29, 1.82) is 0 Å². The van der Waals surface area contributed by atoms with E-state index in [0.717, 1.165) is 6.07 Å². The van der Waals surface area contributed by atoms with E-state index in [1.165, 1.54) is 12.1 Å². The predicted octanol–water partition coefficient (Wildman–Crippen LogP) is 3.27. The molecule has 0 unspecified atom stereocenters. The molecule has 0 spiro atoms. The zero-order chi connectivity index (χ0) is 10.0. The summed E-state index contributed by atoms with van der Waals surface area (Å²) in [6.45, 7) is 0. The van der Waals surface area contributed by atoms with E-state index in [9.17, 15) is 13.2 Å². The Labute approximate surface area is 94.0 Å². The molecular weight excluding hydrogens is 282 g/mol. The molecule has 14 heavy (non-hydrogen) atoms. The van der Waals surface area contributed by atoms with Gasteiger partial charge in [0, 0.05) is 4.47 Å². The Morgan fingerprint density at radius 2 is 1.86 bits per heavy atom. The van der Waals surface area contributed by atoms with Crippen LogP contribution >= 0.6 is 28.3 Å². The molecule has 0 saturated heterocycles. The monoisotopic (exact) mass is 289 g/mol. The minimum Gasteiger partial charge on any atom is -0.319 e. The number of hydrogen-bond donors (Lipinski definition) is 1. The Morgan fingerprint density at radius 3 is 2.36 bits per heavy atom. The van der Waals surface area contributed by atoms with Gasteiger partial charge >= 0.3 is 0 Å². The molecule has 0 heterocycles. The zero-order valence-corrected chi connectivity index (χ0v) is 9.29. The van der Waals surface area contributed by atoms with Crippen molar-refractivity contribution in [3.63, 3.8) is 0 Å². The lowest BCUT2D eigenvalue weighted by molar-refractivity contribution is 0.116. The van der Waals surface area contributed by atoms with Crippen LogP contribution in [0.1, 0.15) is 11.6 Å². The first-order valence-electron chi connectivity index (χ1n) is 3.51. The molecule has 1 nitrogen and oxygen atoms in total. The van der Waals surface area contributed by atoms with Gasteiger partial charge in [-0.25, -0.2) is 13.2 Å². The van der Waals surface area contributed by atoms with E-state index in [4.69, 9.17) is 5.73 Å². The van der Waals surface area contributed by atoms with Crippen LogP contribution in [0.5, 0.6) is 0 Å². The van der Waals surface area contributed by atoms with Crippen LogP contribution in [-0.4, -0.2) is 6.43 Å². The summed E-state index contributed by atoms with van der Waals surface area (Å²) in [7, 11) is 0. The van der Waals surface area contributed by atoms with Gasteiger partial charge in [0.05, 0.1) is 6.04 Å². The molecule has 2 N–H and O–H groups in total. The van der Waals surface area contributed by atoms with Gasteiger partial charge in [-0.2, -0.15) is 0 Å². The van der Waals surface area contributed by atoms with Gasteiger partial charge in [0.25, 0.3) is 6.43 Å². The molecule has 0 aliphatic rings. The molecule has 0 aliphatic carbocycles. The van der Waals surface area contributed by atoms with Gasteiger partial charge in [-0.15, -0.1) is 12.4 Å². The molecule has 1 atom stereocenters. The van der Waals surface area contributed by atoms with E-state index in [1.54, 1.807) is 0 Å². The number of nitrogens with two attached hydrogens (primary N) is 1. The van der Waals surface area contributed by atoms with Crippen LogP contribution in [0, 0.1) is 5.82 Å². The lowest BCUT2D eigenvalue weighted by Gasteiger charge is -2.12. The summed E-state index contributed by atoms with van der Waals surface area (Å²) >= 11 is 3.02. The minimum absolute atomic E-state index is 0. The quantitative estimate of drug-likeness (QED) is 0.889. The highest BCUT2D eigenvalue weighted by atomic mass is 79.9. The third-order valence-corrected chi connectivity index (χ3v) is 2.31. The van der Waals surface area contributed by atoms with Crippen molar-refractivity contribution in [2.75, 3.05) is 0 Å². The number of halogens is 5. The van der Waals surface area contributed by atoms with E-state index in [-0.39, 0.29) is 18.0 Å². The first kappa shape index (κ1) is 13.7. The van der Waals surface area contributed by atoms with Gasteiger partial charge in [-0.05, 0) is 23.8 Å². The largest absolute Gasteiger partial charge is 0.319 e. The molecule has 0 bridgehead atoms. The Morgan fingerprint density at radius 1 is 1.29 bits per heavy atom. The zero-order valence-electron chi connectivity index (χ0n) is 6.88. The molecule has 80 valence electrons. The second kappa shape index (κ2) is 5.58. The third-order valence-electron chi connectivity index (χ3n) is 1.59. The van der Waals surface area contributed by atoms with Gasteiger partial charge in [-0.3, -0.25) is 0 Å². The fraction of sp³-hybridized carbons (Fsp3) is 0.250. The van der Waals surface area contributed by atoms with Crippen LogP contribution in [-0.2, 0) is 0 Å². The summed E-state index contributed by atoms with van der Waals surface area (Å²) in [6.07, 6.45) is -2.70. The van der Waals surface area contributed by atoms with E-state index in [0.29, 0.717) is 4.47 Å². The molecule has 0 amide bonds. The number of alkyl halides is 2. The fourth-order valence-electron chi connectivity index (χ4n) is 0.906. The van der Waals surface area contributed by atoms with Crippen molar-refractivity contribution in [2.24, 2.45) is 5.73 Å². The molecule has 6 heteroatoms. The van der Waals surface area contributed by atoms with Gasteiger partial charge in [-0.1, -0.05) is 15.9 Å². The minimum atomic E-state index is -2.70. The van der Waals surface area contributed by atoms with Crippen molar-refractivity contribution in [3.05, 3.63) is 34.1 Å². The maximum atomic E-state index is 12.6. The maximum absolute atomic E-state index is 12.6. The van der Waals surface area contributed by atoms with E-state index in [1.807, 2.05) is 0 Å². The van der Waals surface area contributed by atoms with Gasteiger partial charge in [0.15, 0.2) is 0 Å². The van der Waals surface area contributed by atoms with Crippen LogP contribution in [0.4, 0.5) is 13.2 Å². The molecule has 1 aromatic rings. The highest BCUT2D eigenvalue weighted by molar-refractivity contribution is 9.10. The van der Waals surface area contributed by atoms with Crippen LogP contribution in [0.2, 0.25) is 0 Å². The van der Waals surface area contributed by atoms with E-state index >= 15 is 0 Å². The van der Waals surface area contributed by atoms with E-state index in [2.05, 4.69) is 15.9 Å². The van der Waals surface area contributed by atoms with Crippen molar-refractivity contribution < 1.29 is 13.2 Å². The van der Waals surface area contributed by atoms with Crippen molar-refractivity contribution in [3.8, 4) is 0 Å². The Balaban J connectivity index is 0.00000169. The highest BCUT2D eigenvalue weighted by Gasteiger charge is 2.20. The van der Waals surface area contributed by atoms with Crippen LogP contribution < -0.4 is 5.73 Å². The molecule has 0 fully saturated rings.